The van der Waals surface area contributed by atoms with Crippen molar-refractivity contribution in [2.45, 2.75) is 64.5 Å². The molecule has 0 radical (unpaired) electrons. The quantitative estimate of drug-likeness (QED) is 0.221. The number of aromatic nitrogens is 3. The van der Waals surface area contributed by atoms with Crippen LogP contribution in [0.2, 0.25) is 0 Å². The SMILES string of the molecule is CC(C)(C)OC(=O)N1CCc2c(C(F)(F)F)nn(CC(=O)N[C@@H](Cc3cc(F)cc(F)c3)c3ncccc3-c3ccc(F)c(C(N)=O)c3)c2C1. The zero-order valence-electron chi connectivity index (χ0n) is 27.1. The van der Waals surface area contributed by atoms with Crippen molar-refractivity contribution in [3.05, 3.63) is 106 Å². The van der Waals surface area contributed by atoms with E-state index in [1.807, 2.05) is 0 Å². The van der Waals surface area contributed by atoms with E-state index in [-0.39, 0.29) is 54.0 Å². The van der Waals surface area contributed by atoms with Gasteiger partial charge in [-0.1, -0.05) is 12.1 Å². The third-order valence-electron chi connectivity index (χ3n) is 7.76. The smallest absolute Gasteiger partial charge is 0.435 e. The summed E-state index contributed by atoms with van der Waals surface area (Å²) in [6.07, 6.45) is -4.68. The molecule has 4 aromatic rings. The molecule has 0 spiro atoms. The largest absolute Gasteiger partial charge is 0.444 e. The molecule has 1 atom stereocenters. The Morgan fingerprint density at radius 3 is 2.36 bits per heavy atom. The second-order valence-electron chi connectivity index (χ2n) is 12.7. The Kier molecular flexibility index (Phi) is 9.93. The van der Waals surface area contributed by atoms with Gasteiger partial charge in [-0.2, -0.15) is 18.3 Å². The van der Waals surface area contributed by atoms with Gasteiger partial charge in [-0.05, 0) is 75.1 Å². The van der Waals surface area contributed by atoms with Gasteiger partial charge in [0.05, 0.1) is 29.5 Å². The Balaban J connectivity index is 1.51. The minimum Gasteiger partial charge on any atom is -0.444 e. The summed E-state index contributed by atoms with van der Waals surface area (Å²) in [6, 6.07) is 8.20. The lowest BCUT2D eigenvalue weighted by atomic mass is 9.94. The van der Waals surface area contributed by atoms with E-state index in [0.717, 1.165) is 22.9 Å². The maximum atomic E-state index is 14.3. The summed E-state index contributed by atoms with van der Waals surface area (Å²) in [6.45, 7) is 3.81. The molecule has 2 aromatic heterocycles. The molecule has 0 bridgehead atoms. The van der Waals surface area contributed by atoms with Crippen LogP contribution in [0.3, 0.4) is 0 Å². The number of amides is 3. The van der Waals surface area contributed by atoms with Crippen LogP contribution in [0, 0.1) is 17.5 Å². The van der Waals surface area contributed by atoms with E-state index < -0.39 is 71.0 Å². The molecule has 0 saturated carbocycles. The van der Waals surface area contributed by atoms with Crippen molar-refractivity contribution >= 4 is 17.9 Å². The lowest BCUT2D eigenvalue weighted by Crippen LogP contribution is -2.41. The second-order valence-corrected chi connectivity index (χ2v) is 12.7. The molecule has 1 aliphatic rings. The third-order valence-corrected chi connectivity index (χ3v) is 7.76. The maximum absolute atomic E-state index is 14.3. The van der Waals surface area contributed by atoms with Crippen LogP contribution >= 0.6 is 0 Å². The molecular formula is C34H32F6N6O4. The topological polar surface area (TPSA) is 132 Å². The molecule has 1 aliphatic heterocycles. The highest BCUT2D eigenvalue weighted by Crippen LogP contribution is 2.36. The van der Waals surface area contributed by atoms with Crippen LogP contribution in [0.5, 0.6) is 0 Å². The van der Waals surface area contributed by atoms with Crippen LogP contribution in [-0.4, -0.2) is 49.7 Å². The van der Waals surface area contributed by atoms with Crippen molar-refractivity contribution in [1.29, 1.82) is 0 Å². The summed E-state index contributed by atoms with van der Waals surface area (Å²) >= 11 is 0. The fourth-order valence-corrected chi connectivity index (χ4v) is 5.70. The first-order valence-electron chi connectivity index (χ1n) is 15.3. The Morgan fingerprint density at radius 1 is 1.02 bits per heavy atom. The van der Waals surface area contributed by atoms with Gasteiger partial charge in [-0.15, -0.1) is 0 Å². The number of nitrogens with zero attached hydrogens (tertiary/aromatic N) is 4. The normalized spacial score (nSPS) is 13.8. The van der Waals surface area contributed by atoms with E-state index in [2.05, 4.69) is 15.4 Å². The van der Waals surface area contributed by atoms with Crippen LogP contribution in [0.25, 0.3) is 11.1 Å². The zero-order chi connectivity index (χ0) is 36.5. The number of rotatable bonds is 8. The van der Waals surface area contributed by atoms with Crippen LogP contribution in [0.4, 0.5) is 31.1 Å². The number of nitrogens with one attached hydrogen (secondary N) is 1. The van der Waals surface area contributed by atoms with Gasteiger partial charge in [0, 0.05) is 29.9 Å². The predicted molar refractivity (Wildman–Crippen MR) is 167 cm³/mol. The summed E-state index contributed by atoms with van der Waals surface area (Å²) < 4.78 is 91.1. The number of nitrogens with two attached hydrogens (primary N) is 1. The molecule has 0 fully saturated rings. The molecule has 16 heteroatoms. The summed E-state index contributed by atoms with van der Waals surface area (Å²) in [4.78, 5) is 43.9. The van der Waals surface area contributed by atoms with E-state index in [0.29, 0.717) is 11.6 Å². The summed E-state index contributed by atoms with van der Waals surface area (Å²) in [5.41, 5.74) is 3.46. The van der Waals surface area contributed by atoms with Crippen LogP contribution < -0.4 is 11.1 Å². The molecule has 0 aliphatic carbocycles. The van der Waals surface area contributed by atoms with Gasteiger partial charge >= 0.3 is 12.3 Å². The number of benzene rings is 2. The van der Waals surface area contributed by atoms with Crippen molar-refractivity contribution in [2.24, 2.45) is 5.73 Å². The van der Waals surface area contributed by atoms with Gasteiger partial charge in [0.25, 0.3) is 5.91 Å². The van der Waals surface area contributed by atoms with Gasteiger partial charge in [0.2, 0.25) is 5.91 Å². The minimum atomic E-state index is -4.86. The fraction of sp³-hybridized carbons (Fsp3) is 0.324. The molecule has 3 amide bonds. The monoisotopic (exact) mass is 702 g/mol. The van der Waals surface area contributed by atoms with Crippen molar-refractivity contribution in [1.82, 2.24) is 25.0 Å². The van der Waals surface area contributed by atoms with Gasteiger partial charge in [-0.3, -0.25) is 19.3 Å². The van der Waals surface area contributed by atoms with E-state index in [1.54, 1.807) is 26.8 Å². The number of fused-ring (bicyclic) bond motifs is 1. The Labute approximate surface area is 282 Å². The molecule has 0 saturated heterocycles. The van der Waals surface area contributed by atoms with Crippen LogP contribution in [0.15, 0.2) is 54.7 Å². The molecule has 10 nitrogen and oxygen atoms in total. The number of carbonyl (C=O) groups excluding carboxylic acids is 3. The van der Waals surface area contributed by atoms with Gasteiger partial charge in [-0.25, -0.2) is 18.0 Å². The highest BCUT2D eigenvalue weighted by molar-refractivity contribution is 5.94. The Morgan fingerprint density at radius 2 is 1.72 bits per heavy atom. The predicted octanol–water partition coefficient (Wildman–Crippen LogP) is 5.87. The average Bonchev–Trinajstić information content (AvgIpc) is 3.37. The molecule has 0 unspecified atom stereocenters. The third kappa shape index (κ3) is 8.23. The number of alkyl halides is 3. The first-order chi connectivity index (χ1) is 23.4. The standard InChI is InChI=1S/C34H32F6N6O4/c1-33(2,3)50-32(49)45-10-8-23-27(16-45)46(44-30(23)34(38,39)40)17-28(47)43-26(13-18-11-20(35)15-21(36)12-18)29-22(5-4-9-42-29)19-6-7-25(37)24(14-19)31(41)48/h4-7,9,11-12,14-15,26H,8,10,13,16-17H2,1-3H3,(H2,41,48)(H,43,47)/t26-/m0/s1. The molecule has 3 N–H and O–H groups in total. The van der Waals surface area contributed by atoms with Crippen LogP contribution in [0.1, 0.15) is 65.4 Å². The number of carbonyl (C=O) groups is 3. The number of primary amides is 1. The average molecular weight is 703 g/mol. The van der Waals surface area contributed by atoms with E-state index in [4.69, 9.17) is 10.5 Å². The molecule has 3 heterocycles. The first-order valence-corrected chi connectivity index (χ1v) is 15.3. The number of hydrogen-bond acceptors (Lipinski definition) is 6. The zero-order valence-corrected chi connectivity index (χ0v) is 27.1. The van der Waals surface area contributed by atoms with E-state index >= 15 is 0 Å². The van der Waals surface area contributed by atoms with E-state index in [1.165, 1.54) is 29.3 Å². The van der Waals surface area contributed by atoms with E-state index in [9.17, 15) is 40.7 Å². The number of pyridine rings is 1. The lowest BCUT2D eigenvalue weighted by molar-refractivity contribution is -0.142. The van der Waals surface area contributed by atoms with Gasteiger partial charge in [0.1, 0.15) is 29.6 Å². The van der Waals surface area contributed by atoms with Crippen molar-refractivity contribution in [2.75, 3.05) is 6.54 Å². The van der Waals surface area contributed by atoms with Gasteiger partial charge < -0.3 is 20.7 Å². The second kappa shape index (κ2) is 13.8. The first kappa shape index (κ1) is 35.9. The maximum Gasteiger partial charge on any atom is 0.435 e. The summed E-state index contributed by atoms with van der Waals surface area (Å²) in [5.74, 6) is -4.56. The van der Waals surface area contributed by atoms with Crippen molar-refractivity contribution in [3.8, 4) is 11.1 Å². The lowest BCUT2D eigenvalue weighted by Gasteiger charge is -2.30. The summed E-state index contributed by atoms with van der Waals surface area (Å²) in [5, 5.41) is 6.40. The highest BCUT2D eigenvalue weighted by Gasteiger charge is 2.41. The molecule has 5 rings (SSSR count). The number of hydrogen-bond donors (Lipinski definition) is 2. The fourth-order valence-electron chi connectivity index (χ4n) is 5.70. The minimum absolute atomic E-state index is 0.0165. The van der Waals surface area contributed by atoms with Crippen LogP contribution in [-0.2, 0) is 41.6 Å². The molecule has 2 aromatic carbocycles. The van der Waals surface area contributed by atoms with Gasteiger partial charge in [0.15, 0.2) is 5.69 Å². The molecule has 264 valence electrons. The Hall–Kier alpha value is -5.41. The highest BCUT2D eigenvalue weighted by atomic mass is 19.4. The number of halogens is 6. The molecular weight excluding hydrogens is 670 g/mol. The van der Waals surface area contributed by atoms with Crippen molar-refractivity contribution in [3.63, 3.8) is 0 Å². The Bertz CT molecular complexity index is 1940. The summed E-state index contributed by atoms with van der Waals surface area (Å²) in [7, 11) is 0. The van der Waals surface area contributed by atoms with Crippen molar-refractivity contribution < 1.29 is 45.5 Å². The molecule has 50 heavy (non-hydrogen) atoms. The number of ether oxygens (including phenoxy) is 1.